The quantitative estimate of drug-likeness (QED) is 0.592. The number of benzene rings is 1. The number of ether oxygens (including phenoxy) is 1. The SMILES string of the molecule is CCn1c([N+](=O)[O-])cnc1COc1ccc(S(C)(=O)=O)cc1. The number of nitrogens with zero attached hydrogens (tertiary/aromatic N) is 3. The lowest BCUT2D eigenvalue weighted by molar-refractivity contribution is -0.392. The van der Waals surface area contributed by atoms with E-state index in [-0.39, 0.29) is 17.3 Å². The molecule has 2 rings (SSSR count). The molecule has 1 aromatic carbocycles. The summed E-state index contributed by atoms with van der Waals surface area (Å²) in [5.74, 6) is 0.802. The van der Waals surface area contributed by atoms with Crippen molar-refractivity contribution in [2.45, 2.75) is 25.0 Å². The van der Waals surface area contributed by atoms with Crippen LogP contribution in [0.25, 0.3) is 0 Å². The Morgan fingerprint density at radius 2 is 1.95 bits per heavy atom. The molecule has 0 radical (unpaired) electrons. The average molecular weight is 325 g/mol. The van der Waals surface area contributed by atoms with E-state index < -0.39 is 14.8 Å². The monoisotopic (exact) mass is 325 g/mol. The maximum atomic E-state index is 11.4. The zero-order valence-electron chi connectivity index (χ0n) is 12.1. The van der Waals surface area contributed by atoms with Gasteiger partial charge < -0.3 is 14.9 Å². The van der Waals surface area contributed by atoms with Crippen LogP contribution in [-0.4, -0.2) is 29.1 Å². The number of sulfone groups is 1. The molecule has 0 saturated heterocycles. The van der Waals surface area contributed by atoms with Gasteiger partial charge >= 0.3 is 5.82 Å². The molecule has 118 valence electrons. The summed E-state index contributed by atoms with van der Waals surface area (Å²) < 4.78 is 29.7. The number of rotatable bonds is 6. The van der Waals surface area contributed by atoms with E-state index in [1.807, 2.05) is 0 Å². The molecule has 1 heterocycles. The molecule has 0 fully saturated rings. The first-order valence-corrected chi connectivity index (χ1v) is 8.33. The van der Waals surface area contributed by atoms with Gasteiger partial charge in [0.05, 0.1) is 11.4 Å². The van der Waals surface area contributed by atoms with Crippen LogP contribution in [0.15, 0.2) is 35.4 Å². The zero-order valence-corrected chi connectivity index (χ0v) is 12.9. The van der Waals surface area contributed by atoms with Gasteiger partial charge in [-0.1, -0.05) is 0 Å². The third-order valence-corrected chi connectivity index (χ3v) is 4.17. The summed E-state index contributed by atoms with van der Waals surface area (Å²) in [5, 5.41) is 10.8. The summed E-state index contributed by atoms with van der Waals surface area (Å²) in [6, 6.07) is 5.95. The van der Waals surface area contributed by atoms with Gasteiger partial charge in [0, 0.05) is 6.26 Å². The Bertz CT molecular complexity index is 781. The summed E-state index contributed by atoms with van der Waals surface area (Å²) in [4.78, 5) is 14.5. The smallest absolute Gasteiger partial charge is 0.342 e. The van der Waals surface area contributed by atoms with Crippen molar-refractivity contribution in [1.82, 2.24) is 9.55 Å². The molecule has 0 aliphatic carbocycles. The molecule has 0 bridgehead atoms. The third-order valence-electron chi connectivity index (χ3n) is 3.04. The number of nitro groups is 1. The van der Waals surface area contributed by atoms with Crippen molar-refractivity contribution >= 4 is 15.7 Å². The predicted molar refractivity (Wildman–Crippen MR) is 78.4 cm³/mol. The summed E-state index contributed by atoms with van der Waals surface area (Å²) in [7, 11) is -3.25. The lowest BCUT2D eigenvalue weighted by Gasteiger charge is -2.06. The van der Waals surface area contributed by atoms with Gasteiger partial charge in [0.15, 0.2) is 16.4 Å². The van der Waals surface area contributed by atoms with Gasteiger partial charge in [-0.25, -0.2) is 18.0 Å². The molecule has 8 nitrogen and oxygen atoms in total. The van der Waals surface area contributed by atoms with Gasteiger partial charge in [0.2, 0.25) is 5.82 Å². The molecule has 0 amide bonds. The first-order chi connectivity index (χ1) is 10.3. The molecule has 0 saturated carbocycles. The second-order valence-electron chi connectivity index (χ2n) is 4.57. The highest BCUT2D eigenvalue weighted by atomic mass is 32.2. The Morgan fingerprint density at radius 1 is 1.32 bits per heavy atom. The first-order valence-electron chi connectivity index (χ1n) is 6.44. The van der Waals surface area contributed by atoms with Crippen molar-refractivity contribution in [2.75, 3.05) is 6.26 Å². The number of hydrogen-bond acceptors (Lipinski definition) is 6. The summed E-state index contributed by atoms with van der Waals surface area (Å²) in [6.45, 7) is 2.24. The van der Waals surface area contributed by atoms with Crippen molar-refractivity contribution < 1.29 is 18.1 Å². The minimum absolute atomic E-state index is 0.0555. The second kappa shape index (κ2) is 6.14. The highest BCUT2D eigenvalue weighted by Crippen LogP contribution is 2.19. The maximum Gasteiger partial charge on any atom is 0.342 e. The van der Waals surface area contributed by atoms with Crippen LogP contribution in [0.5, 0.6) is 5.75 Å². The fourth-order valence-electron chi connectivity index (χ4n) is 1.94. The molecule has 2 aromatic rings. The summed E-state index contributed by atoms with van der Waals surface area (Å²) in [6.07, 6.45) is 2.31. The van der Waals surface area contributed by atoms with Crippen LogP contribution in [0.4, 0.5) is 5.82 Å². The van der Waals surface area contributed by atoms with Crippen LogP contribution in [0.2, 0.25) is 0 Å². The Balaban J connectivity index is 2.12. The van der Waals surface area contributed by atoms with E-state index in [4.69, 9.17) is 4.74 Å². The van der Waals surface area contributed by atoms with E-state index in [9.17, 15) is 18.5 Å². The summed E-state index contributed by atoms with van der Waals surface area (Å²) >= 11 is 0. The minimum Gasteiger partial charge on any atom is -0.483 e. The first kappa shape index (κ1) is 16.0. The standard InChI is InChI=1S/C13H15N3O5S/c1-3-15-12(14-8-13(15)16(17)18)9-21-10-4-6-11(7-5-10)22(2,19)20/h4-8H,3,9H2,1-2H3. The van der Waals surface area contributed by atoms with Gasteiger partial charge in [-0.05, 0) is 36.1 Å². The van der Waals surface area contributed by atoms with Crippen molar-refractivity contribution in [2.24, 2.45) is 0 Å². The van der Waals surface area contributed by atoms with Gasteiger partial charge in [-0.3, -0.25) is 0 Å². The highest BCUT2D eigenvalue weighted by molar-refractivity contribution is 7.90. The normalized spacial score (nSPS) is 11.4. The topological polar surface area (TPSA) is 104 Å². The lowest BCUT2D eigenvalue weighted by Crippen LogP contribution is -2.08. The fourth-order valence-corrected chi connectivity index (χ4v) is 2.57. The largest absolute Gasteiger partial charge is 0.483 e. The maximum absolute atomic E-state index is 11.4. The van der Waals surface area contributed by atoms with Gasteiger partial charge in [-0.2, -0.15) is 0 Å². The number of hydrogen-bond donors (Lipinski definition) is 0. The molecule has 0 aliphatic heterocycles. The van der Waals surface area contributed by atoms with Crippen LogP contribution in [-0.2, 0) is 23.0 Å². The molecular weight excluding hydrogens is 310 g/mol. The third kappa shape index (κ3) is 3.42. The number of aromatic nitrogens is 2. The zero-order chi connectivity index (χ0) is 16.3. The average Bonchev–Trinajstić information content (AvgIpc) is 2.87. The van der Waals surface area contributed by atoms with E-state index in [1.165, 1.54) is 35.0 Å². The van der Waals surface area contributed by atoms with Crippen LogP contribution >= 0.6 is 0 Å². The van der Waals surface area contributed by atoms with Crippen molar-refractivity contribution in [3.8, 4) is 5.75 Å². The van der Waals surface area contributed by atoms with E-state index in [0.717, 1.165) is 6.26 Å². The summed E-state index contributed by atoms with van der Waals surface area (Å²) in [5.41, 5.74) is 0. The molecule has 0 aliphatic rings. The fraction of sp³-hybridized carbons (Fsp3) is 0.308. The Labute approximate surface area is 127 Å². The van der Waals surface area contributed by atoms with E-state index >= 15 is 0 Å². The van der Waals surface area contributed by atoms with E-state index in [0.29, 0.717) is 18.1 Å². The Kier molecular flexibility index (Phi) is 4.45. The molecule has 22 heavy (non-hydrogen) atoms. The van der Waals surface area contributed by atoms with Gasteiger partial charge in [0.1, 0.15) is 11.9 Å². The van der Waals surface area contributed by atoms with E-state index in [1.54, 1.807) is 6.92 Å². The van der Waals surface area contributed by atoms with Crippen molar-refractivity contribution in [3.63, 3.8) is 0 Å². The van der Waals surface area contributed by atoms with Gasteiger partial charge in [-0.15, -0.1) is 0 Å². The molecular formula is C13H15N3O5S. The number of imidazole rings is 1. The minimum atomic E-state index is -3.25. The molecule has 1 aromatic heterocycles. The Morgan fingerprint density at radius 3 is 2.45 bits per heavy atom. The van der Waals surface area contributed by atoms with Crippen LogP contribution < -0.4 is 4.74 Å². The Hall–Kier alpha value is -2.42. The molecule has 9 heteroatoms. The van der Waals surface area contributed by atoms with E-state index in [2.05, 4.69) is 4.98 Å². The predicted octanol–water partition coefficient (Wildman–Crippen LogP) is 1.79. The van der Waals surface area contributed by atoms with Crippen LogP contribution in [0.3, 0.4) is 0 Å². The van der Waals surface area contributed by atoms with Crippen molar-refractivity contribution in [3.05, 3.63) is 46.4 Å². The lowest BCUT2D eigenvalue weighted by atomic mass is 10.3. The molecule has 0 N–H and O–H groups in total. The highest BCUT2D eigenvalue weighted by Gasteiger charge is 2.19. The second-order valence-corrected chi connectivity index (χ2v) is 6.58. The van der Waals surface area contributed by atoms with Crippen LogP contribution in [0, 0.1) is 10.1 Å². The van der Waals surface area contributed by atoms with Crippen LogP contribution in [0.1, 0.15) is 12.7 Å². The molecule has 0 unspecified atom stereocenters. The van der Waals surface area contributed by atoms with Crippen molar-refractivity contribution in [1.29, 1.82) is 0 Å². The van der Waals surface area contributed by atoms with Gasteiger partial charge in [0.25, 0.3) is 0 Å². The molecule has 0 atom stereocenters. The molecule has 0 spiro atoms.